The molecule has 8 nitrogen and oxygen atoms in total. The van der Waals surface area contributed by atoms with Crippen molar-refractivity contribution in [2.45, 2.75) is 26.4 Å². The van der Waals surface area contributed by atoms with E-state index < -0.39 is 22.8 Å². The Balaban J connectivity index is 1.88. The van der Waals surface area contributed by atoms with Crippen molar-refractivity contribution >= 4 is 40.5 Å². The zero-order valence-electron chi connectivity index (χ0n) is 15.3. The molecule has 1 heterocycles. The summed E-state index contributed by atoms with van der Waals surface area (Å²) in [4.78, 5) is 37.1. The minimum Gasteiger partial charge on any atom is -0.478 e. The number of amides is 2. The van der Waals surface area contributed by atoms with Gasteiger partial charge in [0.25, 0.3) is 11.6 Å². The second-order valence-electron chi connectivity index (χ2n) is 6.36. The summed E-state index contributed by atoms with van der Waals surface area (Å²) in [6, 6.07) is 9.01. The van der Waals surface area contributed by atoms with Crippen LogP contribution in [-0.4, -0.2) is 29.4 Å². The summed E-state index contributed by atoms with van der Waals surface area (Å²) in [6.07, 6.45) is -0.344. The van der Waals surface area contributed by atoms with Crippen molar-refractivity contribution in [2.24, 2.45) is 0 Å². The lowest BCUT2D eigenvalue weighted by molar-refractivity contribution is -0.384. The van der Waals surface area contributed by atoms with Crippen molar-refractivity contribution in [1.82, 2.24) is 0 Å². The van der Waals surface area contributed by atoms with Gasteiger partial charge in [-0.2, -0.15) is 0 Å². The van der Waals surface area contributed by atoms with Crippen LogP contribution in [0.4, 0.5) is 17.1 Å². The van der Waals surface area contributed by atoms with Crippen LogP contribution in [0.25, 0.3) is 0 Å². The number of rotatable bonds is 5. The minimum atomic E-state index is -0.751. The van der Waals surface area contributed by atoms with Crippen molar-refractivity contribution in [3.05, 3.63) is 57.1 Å². The Labute approximate surface area is 166 Å². The molecule has 1 unspecified atom stereocenters. The molecule has 2 aromatic rings. The Morgan fingerprint density at radius 1 is 1.32 bits per heavy atom. The summed E-state index contributed by atoms with van der Waals surface area (Å²) in [7, 11) is 0. The van der Waals surface area contributed by atoms with Crippen molar-refractivity contribution in [3.8, 4) is 5.75 Å². The number of carbonyl (C=O) groups is 2. The molecule has 9 heteroatoms. The molecule has 0 radical (unpaired) electrons. The van der Waals surface area contributed by atoms with Crippen LogP contribution in [0.5, 0.6) is 5.75 Å². The highest BCUT2D eigenvalue weighted by atomic mass is 35.5. The standard InChI is InChI=1S/C19H18ClN3O5/c1-3-16-19(25)22(15-9-13(23(26)27)5-7-17(15)28-16)10-18(24)21-14-6-4-12(20)8-11(14)2/h4-9,16H,3,10H2,1-2H3,(H,21,24). The highest BCUT2D eigenvalue weighted by Crippen LogP contribution is 2.37. The molecule has 0 spiro atoms. The predicted octanol–water partition coefficient (Wildman–Crippen LogP) is 3.70. The van der Waals surface area contributed by atoms with Gasteiger partial charge in [0.15, 0.2) is 6.10 Å². The first-order valence-electron chi connectivity index (χ1n) is 8.62. The third-order valence-electron chi connectivity index (χ3n) is 4.39. The van der Waals surface area contributed by atoms with E-state index >= 15 is 0 Å². The highest BCUT2D eigenvalue weighted by Gasteiger charge is 2.35. The quantitative estimate of drug-likeness (QED) is 0.605. The van der Waals surface area contributed by atoms with Gasteiger partial charge >= 0.3 is 0 Å². The van der Waals surface area contributed by atoms with E-state index in [2.05, 4.69) is 5.32 Å². The monoisotopic (exact) mass is 403 g/mol. The summed E-state index contributed by atoms with van der Waals surface area (Å²) in [6.45, 7) is 3.29. The summed E-state index contributed by atoms with van der Waals surface area (Å²) in [5.74, 6) is -0.529. The molecule has 1 aliphatic rings. The topological polar surface area (TPSA) is 102 Å². The van der Waals surface area contributed by atoms with Gasteiger partial charge in [0, 0.05) is 22.8 Å². The lowest BCUT2D eigenvalue weighted by Crippen LogP contribution is -2.48. The molecule has 1 atom stereocenters. The van der Waals surface area contributed by atoms with Gasteiger partial charge in [-0.05, 0) is 43.2 Å². The second kappa shape index (κ2) is 7.85. The summed E-state index contributed by atoms with van der Waals surface area (Å²) in [5.41, 5.74) is 1.36. The van der Waals surface area contributed by atoms with Crippen molar-refractivity contribution in [2.75, 3.05) is 16.8 Å². The SMILES string of the molecule is CCC1Oc2ccc([N+](=O)[O-])cc2N(CC(=O)Nc2ccc(Cl)cc2C)C1=O. The Bertz CT molecular complexity index is 963. The van der Waals surface area contributed by atoms with Crippen LogP contribution in [0.3, 0.4) is 0 Å². The van der Waals surface area contributed by atoms with E-state index in [4.69, 9.17) is 16.3 Å². The van der Waals surface area contributed by atoms with Crippen LogP contribution in [-0.2, 0) is 9.59 Å². The van der Waals surface area contributed by atoms with E-state index in [1.165, 1.54) is 23.1 Å². The average molecular weight is 404 g/mol. The Kier molecular flexibility index (Phi) is 5.51. The smallest absolute Gasteiger partial charge is 0.271 e. The fraction of sp³-hybridized carbons (Fsp3) is 0.263. The molecule has 2 amide bonds. The number of non-ortho nitro benzene ring substituents is 1. The van der Waals surface area contributed by atoms with Gasteiger partial charge in [0.05, 0.1) is 10.6 Å². The molecule has 0 saturated heterocycles. The Hall–Kier alpha value is -3.13. The molecule has 0 aromatic heterocycles. The molecule has 1 aliphatic heterocycles. The number of benzene rings is 2. The van der Waals surface area contributed by atoms with E-state index in [-0.39, 0.29) is 17.9 Å². The zero-order chi connectivity index (χ0) is 20.4. The number of fused-ring (bicyclic) bond motifs is 1. The number of nitrogens with one attached hydrogen (secondary N) is 1. The number of hydrogen-bond donors (Lipinski definition) is 1. The lowest BCUT2D eigenvalue weighted by Gasteiger charge is -2.33. The summed E-state index contributed by atoms with van der Waals surface area (Å²) < 4.78 is 5.63. The van der Waals surface area contributed by atoms with Crippen LogP contribution >= 0.6 is 11.6 Å². The predicted molar refractivity (Wildman–Crippen MR) is 105 cm³/mol. The van der Waals surface area contributed by atoms with E-state index in [0.717, 1.165) is 5.56 Å². The molecule has 1 N–H and O–H groups in total. The summed E-state index contributed by atoms with van der Waals surface area (Å²) in [5, 5.41) is 14.4. The third-order valence-corrected chi connectivity index (χ3v) is 4.62. The first-order valence-corrected chi connectivity index (χ1v) is 9.00. The maximum Gasteiger partial charge on any atom is 0.271 e. The van der Waals surface area contributed by atoms with Crippen molar-refractivity contribution in [3.63, 3.8) is 0 Å². The van der Waals surface area contributed by atoms with Gasteiger partial charge in [0.2, 0.25) is 5.91 Å². The van der Waals surface area contributed by atoms with Gasteiger partial charge in [-0.1, -0.05) is 18.5 Å². The largest absolute Gasteiger partial charge is 0.478 e. The second-order valence-corrected chi connectivity index (χ2v) is 6.79. The van der Waals surface area contributed by atoms with E-state index in [0.29, 0.717) is 22.9 Å². The van der Waals surface area contributed by atoms with E-state index in [1.54, 1.807) is 32.0 Å². The van der Waals surface area contributed by atoms with Gasteiger partial charge in [-0.25, -0.2) is 0 Å². The molecular formula is C19H18ClN3O5. The molecular weight excluding hydrogens is 386 g/mol. The van der Waals surface area contributed by atoms with Gasteiger partial charge < -0.3 is 10.1 Å². The number of nitro benzene ring substituents is 1. The van der Waals surface area contributed by atoms with Gasteiger partial charge in [0.1, 0.15) is 12.3 Å². The van der Waals surface area contributed by atoms with Crippen LogP contribution in [0.15, 0.2) is 36.4 Å². The van der Waals surface area contributed by atoms with Gasteiger partial charge in [-0.3, -0.25) is 24.6 Å². The maximum absolute atomic E-state index is 12.7. The molecule has 0 fully saturated rings. The number of nitrogens with zero attached hydrogens (tertiary/aromatic N) is 2. The molecule has 0 saturated carbocycles. The van der Waals surface area contributed by atoms with Crippen LogP contribution in [0, 0.1) is 17.0 Å². The fourth-order valence-corrected chi connectivity index (χ4v) is 3.17. The van der Waals surface area contributed by atoms with Gasteiger partial charge in [-0.15, -0.1) is 0 Å². The Morgan fingerprint density at radius 2 is 2.07 bits per heavy atom. The first-order chi connectivity index (χ1) is 13.3. The number of hydrogen-bond acceptors (Lipinski definition) is 5. The molecule has 0 aliphatic carbocycles. The molecule has 2 aromatic carbocycles. The molecule has 28 heavy (non-hydrogen) atoms. The van der Waals surface area contributed by atoms with Crippen LogP contribution < -0.4 is 15.0 Å². The number of nitro groups is 1. The molecule has 3 rings (SSSR count). The third kappa shape index (κ3) is 3.91. The van der Waals surface area contributed by atoms with Crippen molar-refractivity contribution < 1.29 is 19.2 Å². The lowest BCUT2D eigenvalue weighted by atomic mass is 10.1. The summed E-state index contributed by atoms with van der Waals surface area (Å²) >= 11 is 5.92. The number of carbonyl (C=O) groups excluding carboxylic acids is 2. The average Bonchev–Trinajstić information content (AvgIpc) is 2.65. The highest BCUT2D eigenvalue weighted by molar-refractivity contribution is 6.30. The van der Waals surface area contributed by atoms with Crippen LogP contribution in [0.2, 0.25) is 5.02 Å². The van der Waals surface area contributed by atoms with Crippen LogP contribution in [0.1, 0.15) is 18.9 Å². The molecule has 146 valence electrons. The van der Waals surface area contributed by atoms with Crippen molar-refractivity contribution in [1.29, 1.82) is 0 Å². The molecule has 0 bridgehead atoms. The normalized spacial score (nSPS) is 15.6. The number of halogens is 1. The Morgan fingerprint density at radius 3 is 2.71 bits per heavy atom. The first kappa shape index (κ1) is 19.6. The maximum atomic E-state index is 12.7. The fourth-order valence-electron chi connectivity index (χ4n) is 2.95. The minimum absolute atomic E-state index is 0.191. The van der Waals surface area contributed by atoms with E-state index in [1.807, 2.05) is 0 Å². The number of anilines is 2. The number of aryl methyl sites for hydroxylation is 1. The number of ether oxygens (including phenoxy) is 1. The van der Waals surface area contributed by atoms with E-state index in [9.17, 15) is 19.7 Å². The zero-order valence-corrected chi connectivity index (χ0v) is 16.0.